The van der Waals surface area contributed by atoms with Gasteiger partial charge in [0.15, 0.2) is 11.7 Å². The number of aromatic nitrogens is 1. The van der Waals surface area contributed by atoms with Crippen LogP contribution < -0.4 is 10.6 Å². The number of carbonyl (C=O) groups is 1. The van der Waals surface area contributed by atoms with Crippen molar-refractivity contribution in [1.82, 2.24) is 20.7 Å². The van der Waals surface area contributed by atoms with E-state index in [-0.39, 0.29) is 11.9 Å². The highest BCUT2D eigenvalue weighted by Crippen LogP contribution is 2.14. The number of hydrogen-bond acceptors (Lipinski definition) is 4. The van der Waals surface area contributed by atoms with Gasteiger partial charge in [0.25, 0.3) is 0 Å². The van der Waals surface area contributed by atoms with Gasteiger partial charge in [-0.1, -0.05) is 19.0 Å². The van der Waals surface area contributed by atoms with Crippen molar-refractivity contribution in [2.45, 2.75) is 52.1 Å². The lowest BCUT2D eigenvalue weighted by atomic mass is 10.1. The molecule has 0 saturated carbocycles. The Balaban J connectivity index is 1.95. The maximum Gasteiger partial charge on any atom is 0.222 e. The molecule has 7 heteroatoms. The first-order chi connectivity index (χ1) is 11.0. The van der Waals surface area contributed by atoms with Crippen LogP contribution in [0.4, 0.5) is 0 Å². The molecule has 1 saturated heterocycles. The minimum Gasteiger partial charge on any atom is -0.359 e. The van der Waals surface area contributed by atoms with Gasteiger partial charge < -0.3 is 20.1 Å². The Kier molecular flexibility index (Phi) is 6.01. The molecule has 7 nitrogen and oxygen atoms in total. The number of nitrogens with one attached hydrogen (secondary N) is 2. The third-order valence-corrected chi connectivity index (χ3v) is 3.87. The Morgan fingerprint density at radius 1 is 1.57 bits per heavy atom. The van der Waals surface area contributed by atoms with Crippen LogP contribution in [0.5, 0.6) is 0 Å². The van der Waals surface area contributed by atoms with Crippen LogP contribution in [0, 0.1) is 0 Å². The molecule has 0 aliphatic carbocycles. The molecule has 1 aliphatic heterocycles. The van der Waals surface area contributed by atoms with Crippen LogP contribution in [0.1, 0.15) is 51.0 Å². The van der Waals surface area contributed by atoms with E-state index in [2.05, 4.69) is 34.6 Å². The zero-order valence-corrected chi connectivity index (χ0v) is 14.4. The molecule has 1 amide bonds. The van der Waals surface area contributed by atoms with Gasteiger partial charge in [0.05, 0.1) is 5.69 Å². The summed E-state index contributed by atoms with van der Waals surface area (Å²) in [6, 6.07) is 2.17. The molecule has 2 N–H and O–H groups in total. The molecule has 2 heterocycles. The van der Waals surface area contributed by atoms with Crippen molar-refractivity contribution in [2.24, 2.45) is 4.99 Å². The summed E-state index contributed by atoms with van der Waals surface area (Å²) in [7, 11) is 1.84. The SMILES string of the molecule is CCNC(=NCc1cc(C(C)C)no1)NC1CCC(=O)N(C)C1. The van der Waals surface area contributed by atoms with Gasteiger partial charge in [-0.15, -0.1) is 0 Å². The number of aliphatic imine (C=N–C) groups is 1. The summed E-state index contributed by atoms with van der Waals surface area (Å²) < 4.78 is 5.31. The summed E-state index contributed by atoms with van der Waals surface area (Å²) >= 11 is 0. The summed E-state index contributed by atoms with van der Waals surface area (Å²) in [4.78, 5) is 17.9. The smallest absolute Gasteiger partial charge is 0.222 e. The second kappa shape index (κ2) is 7.99. The quantitative estimate of drug-likeness (QED) is 0.634. The monoisotopic (exact) mass is 321 g/mol. The molecule has 23 heavy (non-hydrogen) atoms. The Hall–Kier alpha value is -2.05. The third-order valence-electron chi connectivity index (χ3n) is 3.87. The average Bonchev–Trinajstić information content (AvgIpc) is 2.98. The summed E-state index contributed by atoms with van der Waals surface area (Å²) in [6.07, 6.45) is 1.40. The highest BCUT2D eigenvalue weighted by molar-refractivity contribution is 5.81. The molecule has 1 unspecified atom stereocenters. The van der Waals surface area contributed by atoms with Gasteiger partial charge in [-0.3, -0.25) is 4.79 Å². The van der Waals surface area contributed by atoms with E-state index in [1.807, 2.05) is 20.0 Å². The summed E-state index contributed by atoms with van der Waals surface area (Å²) in [5.74, 6) is 2.04. The number of hydrogen-bond donors (Lipinski definition) is 2. The number of piperidine rings is 1. The molecular formula is C16H27N5O2. The van der Waals surface area contributed by atoms with Gasteiger partial charge >= 0.3 is 0 Å². The van der Waals surface area contributed by atoms with Gasteiger partial charge in [-0.05, 0) is 19.3 Å². The Bertz CT molecular complexity index is 552. The molecule has 0 aromatic carbocycles. The second-order valence-electron chi connectivity index (χ2n) is 6.22. The largest absolute Gasteiger partial charge is 0.359 e. The van der Waals surface area contributed by atoms with Crippen molar-refractivity contribution in [3.63, 3.8) is 0 Å². The maximum absolute atomic E-state index is 11.6. The fourth-order valence-electron chi connectivity index (χ4n) is 2.48. The van der Waals surface area contributed by atoms with E-state index < -0.39 is 0 Å². The Morgan fingerprint density at radius 3 is 2.96 bits per heavy atom. The number of likely N-dealkylation sites (tertiary alicyclic amines) is 1. The zero-order valence-electron chi connectivity index (χ0n) is 14.4. The zero-order chi connectivity index (χ0) is 16.8. The van der Waals surface area contributed by atoms with Crippen molar-refractivity contribution in [3.05, 3.63) is 17.5 Å². The number of carbonyl (C=O) groups excluding carboxylic acids is 1. The third kappa shape index (κ3) is 4.97. The predicted octanol–water partition coefficient (Wildman–Crippen LogP) is 1.47. The standard InChI is InChI=1S/C16H27N5O2/c1-5-17-16(19-12-6-7-15(22)21(4)10-12)18-9-13-8-14(11(2)3)20-23-13/h8,11-12H,5-7,9-10H2,1-4H3,(H2,17,18,19). The highest BCUT2D eigenvalue weighted by atomic mass is 16.5. The fraction of sp³-hybridized carbons (Fsp3) is 0.688. The highest BCUT2D eigenvalue weighted by Gasteiger charge is 2.23. The number of amides is 1. The van der Waals surface area contributed by atoms with E-state index in [1.54, 1.807) is 4.90 Å². The summed E-state index contributed by atoms with van der Waals surface area (Å²) in [5.41, 5.74) is 0.945. The molecular weight excluding hydrogens is 294 g/mol. The van der Waals surface area contributed by atoms with E-state index >= 15 is 0 Å². The summed E-state index contributed by atoms with van der Waals surface area (Å²) in [5, 5.41) is 10.7. The minimum atomic E-state index is 0.202. The van der Waals surface area contributed by atoms with Crippen LogP contribution in [0.15, 0.2) is 15.6 Å². The lowest BCUT2D eigenvalue weighted by molar-refractivity contribution is -0.132. The van der Waals surface area contributed by atoms with Crippen LogP contribution >= 0.6 is 0 Å². The molecule has 1 aliphatic rings. The predicted molar refractivity (Wildman–Crippen MR) is 89.2 cm³/mol. The molecule has 2 rings (SSSR count). The van der Waals surface area contributed by atoms with Gasteiger partial charge in [-0.25, -0.2) is 4.99 Å². The van der Waals surface area contributed by atoms with Crippen LogP contribution in [-0.2, 0) is 11.3 Å². The van der Waals surface area contributed by atoms with Gasteiger partial charge in [0, 0.05) is 38.7 Å². The first-order valence-corrected chi connectivity index (χ1v) is 8.23. The van der Waals surface area contributed by atoms with E-state index in [1.165, 1.54) is 0 Å². The number of likely N-dealkylation sites (N-methyl/N-ethyl adjacent to an activating group) is 1. The normalized spacial score (nSPS) is 19.3. The number of nitrogens with zero attached hydrogens (tertiary/aromatic N) is 3. The molecule has 128 valence electrons. The van der Waals surface area contributed by atoms with Crippen LogP contribution in [0.2, 0.25) is 0 Å². The average molecular weight is 321 g/mol. The molecule has 0 radical (unpaired) electrons. The van der Waals surface area contributed by atoms with Crippen molar-refractivity contribution in [1.29, 1.82) is 0 Å². The van der Waals surface area contributed by atoms with Gasteiger partial charge in [0.1, 0.15) is 6.54 Å². The lowest BCUT2D eigenvalue weighted by Gasteiger charge is -2.31. The topological polar surface area (TPSA) is 82.8 Å². The molecule has 0 spiro atoms. The lowest BCUT2D eigenvalue weighted by Crippen LogP contribution is -2.51. The van der Waals surface area contributed by atoms with Gasteiger partial charge in [-0.2, -0.15) is 0 Å². The van der Waals surface area contributed by atoms with E-state index in [4.69, 9.17) is 4.52 Å². The summed E-state index contributed by atoms with van der Waals surface area (Å²) in [6.45, 7) is 8.11. The second-order valence-corrected chi connectivity index (χ2v) is 6.22. The maximum atomic E-state index is 11.6. The minimum absolute atomic E-state index is 0.202. The fourth-order valence-corrected chi connectivity index (χ4v) is 2.48. The molecule has 0 bridgehead atoms. The Labute approximate surface area is 137 Å². The van der Waals surface area contributed by atoms with Crippen LogP contribution in [-0.4, -0.2) is 48.1 Å². The van der Waals surface area contributed by atoms with E-state index in [0.29, 0.717) is 25.4 Å². The van der Waals surface area contributed by atoms with E-state index in [0.717, 1.165) is 30.4 Å². The molecule has 1 fully saturated rings. The van der Waals surface area contributed by atoms with E-state index in [9.17, 15) is 4.79 Å². The van der Waals surface area contributed by atoms with Crippen LogP contribution in [0.25, 0.3) is 0 Å². The first-order valence-electron chi connectivity index (χ1n) is 8.23. The van der Waals surface area contributed by atoms with Crippen molar-refractivity contribution >= 4 is 11.9 Å². The molecule has 1 atom stereocenters. The first kappa shape index (κ1) is 17.3. The van der Waals surface area contributed by atoms with Crippen LogP contribution in [0.3, 0.4) is 0 Å². The molecule has 1 aromatic heterocycles. The number of rotatable bonds is 5. The van der Waals surface area contributed by atoms with Crippen molar-refractivity contribution in [2.75, 3.05) is 20.1 Å². The number of guanidine groups is 1. The van der Waals surface area contributed by atoms with Crippen molar-refractivity contribution < 1.29 is 9.32 Å². The molecule has 1 aromatic rings. The Morgan fingerprint density at radius 2 is 2.35 bits per heavy atom. The van der Waals surface area contributed by atoms with Crippen molar-refractivity contribution in [3.8, 4) is 0 Å². The van der Waals surface area contributed by atoms with Gasteiger partial charge in [0.2, 0.25) is 5.91 Å².